The van der Waals surface area contributed by atoms with E-state index in [4.69, 9.17) is 14.9 Å². The van der Waals surface area contributed by atoms with E-state index in [-0.39, 0.29) is 5.91 Å². The molecular formula is C14H15BrN2O3. The van der Waals surface area contributed by atoms with E-state index in [2.05, 4.69) is 15.9 Å². The number of hydrogen-bond donors (Lipinski definition) is 1. The summed E-state index contributed by atoms with van der Waals surface area (Å²) in [7, 11) is 3.25. The summed E-state index contributed by atoms with van der Waals surface area (Å²) in [4.78, 5) is 13.9. The number of benzene rings is 1. The van der Waals surface area contributed by atoms with E-state index < -0.39 is 0 Å². The Hall–Kier alpha value is -1.95. The lowest BCUT2D eigenvalue weighted by atomic mass is 10.1. The molecule has 106 valence electrons. The zero-order valence-corrected chi connectivity index (χ0v) is 12.8. The predicted molar refractivity (Wildman–Crippen MR) is 79.6 cm³/mol. The van der Waals surface area contributed by atoms with Crippen molar-refractivity contribution in [2.24, 2.45) is 0 Å². The van der Waals surface area contributed by atoms with Crippen molar-refractivity contribution in [3.8, 4) is 5.75 Å². The molecule has 0 bridgehead atoms. The molecule has 0 atom stereocenters. The van der Waals surface area contributed by atoms with Crippen LogP contribution in [0.3, 0.4) is 0 Å². The number of halogens is 1. The van der Waals surface area contributed by atoms with Crippen molar-refractivity contribution in [3.05, 3.63) is 46.3 Å². The van der Waals surface area contributed by atoms with Crippen molar-refractivity contribution in [3.63, 3.8) is 0 Å². The van der Waals surface area contributed by atoms with Gasteiger partial charge in [0.15, 0.2) is 4.67 Å². The Bertz CT molecular complexity index is 625. The smallest absolute Gasteiger partial charge is 0.256 e. The van der Waals surface area contributed by atoms with Gasteiger partial charge in [-0.15, -0.1) is 0 Å². The number of rotatable bonds is 4. The highest BCUT2D eigenvalue weighted by atomic mass is 79.9. The van der Waals surface area contributed by atoms with Crippen LogP contribution in [0.2, 0.25) is 0 Å². The topological polar surface area (TPSA) is 68.7 Å². The fourth-order valence-corrected chi connectivity index (χ4v) is 2.15. The molecule has 6 heteroatoms. The van der Waals surface area contributed by atoms with Crippen LogP contribution in [0.1, 0.15) is 16.1 Å². The maximum absolute atomic E-state index is 12.3. The third-order valence-corrected chi connectivity index (χ3v) is 3.28. The summed E-state index contributed by atoms with van der Waals surface area (Å²) in [5, 5.41) is 0. The molecule has 2 aromatic rings. The quantitative estimate of drug-likeness (QED) is 0.870. The van der Waals surface area contributed by atoms with Gasteiger partial charge in [0.1, 0.15) is 11.5 Å². The molecule has 20 heavy (non-hydrogen) atoms. The second-order valence-electron chi connectivity index (χ2n) is 4.32. The number of nitrogens with zero attached hydrogens (tertiary/aromatic N) is 1. The molecule has 0 radical (unpaired) electrons. The second-order valence-corrected chi connectivity index (χ2v) is 5.10. The summed E-state index contributed by atoms with van der Waals surface area (Å²) in [5.74, 6) is 1.15. The lowest BCUT2D eigenvalue weighted by Crippen LogP contribution is -2.26. The number of carbonyl (C=O) groups excluding carboxylic acids is 1. The van der Waals surface area contributed by atoms with Crippen LogP contribution in [0, 0.1) is 0 Å². The molecule has 0 aliphatic carbocycles. The van der Waals surface area contributed by atoms with E-state index in [9.17, 15) is 4.79 Å². The third-order valence-electron chi connectivity index (χ3n) is 2.86. The molecule has 1 aromatic carbocycles. The van der Waals surface area contributed by atoms with Gasteiger partial charge in [0, 0.05) is 18.8 Å². The van der Waals surface area contributed by atoms with Crippen LogP contribution < -0.4 is 10.5 Å². The lowest BCUT2D eigenvalue weighted by Gasteiger charge is -2.17. The standard InChI is InChI=1S/C14H15BrN2O3/c1-17(8-10-4-6-13(15)20-10)14(18)11-5-3-9(19-2)7-12(11)16/h3-7H,8,16H2,1-2H3. The van der Waals surface area contributed by atoms with E-state index in [0.29, 0.717) is 34.0 Å². The number of ether oxygens (including phenoxy) is 1. The SMILES string of the molecule is COc1ccc(C(=O)N(C)Cc2ccc(Br)o2)c(N)c1. The first-order valence-corrected chi connectivity index (χ1v) is 6.73. The number of nitrogens with two attached hydrogens (primary N) is 1. The molecule has 1 aromatic heterocycles. The number of hydrogen-bond acceptors (Lipinski definition) is 4. The van der Waals surface area contributed by atoms with Gasteiger partial charge in [0.05, 0.1) is 19.2 Å². The minimum absolute atomic E-state index is 0.169. The average Bonchev–Trinajstić information content (AvgIpc) is 2.83. The van der Waals surface area contributed by atoms with Crippen molar-refractivity contribution in [2.75, 3.05) is 19.9 Å². The average molecular weight is 339 g/mol. The molecule has 1 amide bonds. The Balaban J connectivity index is 2.14. The van der Waals surface area contributed by atoms with E-state index in [0.717, 1.165) is 0 Å². The highest BCUT2D eigenvalue weighted by Crippen LogP contribution is 2.22. The summed E-state index contributed by atoms with van der Waals surface area (Å²) in [5.41, 5.74) is 6.71. The minimum atomic E-state index is -0.169. The number of methoxy groups -OCH3 is 1. The number of anilines is 1. The van der Waals surface area contributed by atoms with Crippen LogP contribution >= 0.6 is 15.9 Å². The van der Waals surface area contributed by atoms with Crippen LogP contribution in [0.15, 0.2) is 39.4 Å². The van der Waals surface area contributed by atoms with Crippen molar-refractivity contribution in [1.29, 1.82) is 0 Å². The van der Waals surface area contributed by atoms with Crippen LogP contribution in [-0.2, 0) is 6.54 Å². The summed E-state index contributed by atoms with van der Waals surface area (Å²) in [6, 6.07) is 8.59. The Labute approximate surface area is 125 Å². The molecular weight excluding hydrogens is 324 g/mol. The molecule has 2 rings (SSSR count). The zero-order valence-electron chi connectivity index (χ0n) is 11.2. The van der Waals surface area contributed by atoms with Gasteiger partial charge >= 0.3 is 0 Å². The van der Waals surface area contributed by atoms with Crippen LogP contribution in [0.25, 0.3) is 0 Å². The number of nitrogen functional groups attached to an aromatic ring is 1. The first-order chi connectivity index (χ1) is 9.51. The Kier molecular flexibility index (Phi) is 4.34. The molecule has 0 fully saturated rings. The predicted octanol–water partition coefficient (Wildman–Crippen LogP) is 2.91. The van der Waals surface area contributed by atoms with Crippen LogP contribution in [0.4, 0.5) is 5.69 Å². The maximum Gasteiger partial charge on any atom is 0.256 e. The summed E-state index contributed by atoms with van der Waals surface area (Å²) in [6.07, 6.45) is 0. The molecule has 0 unspecified atom stereocenters. The van der Waals surface area contributed by atoms with E-state index in [1.54, 1.807) is 43.3 Å². The highest BCUT2D eigenvalue weighted by molar-refractivity contribution is 9.10. The Morgan fingerprint density at radius 3 is 2.70 bits per heavy atom. The molecule has 1 heterocycles. The van der Waals surface area contributed by atoms with Gasteiger partial charge in [-0.1, -0.05) is 0 Å². The summed E-state index contributed by atoms with van der Waals surface area (Å²) < 4.78 is 11.1. The number of amides is 1. The maximum atomic E-state index is 12.3. The highest BCUT2D eigenvalue weighted by Gasteiger charge is 2.16. The monoisotopic (exact) mass is 338 g/mol. The summed E-state index contributed by atoms with van der Waals surface area (Å²) >= 11 is 3.23. The largest absolute Gasteiger partial charge is 0.497 e. The van der Waals surface area contributed by atoms with Crippen molar-refractivity contribution in [1.82, 2.24) is 4.90 Å². The van der Waals surface area contributed by atoms with Crippen LogP contribution in [0.5, 0.6) is 5.75 Å². The molecule has 0 aliphatic heterocycles. The number of carbonyl (C=O) groups is 1. The fourth-order valence-electron chi connectivity index (χ4n) is 1.81. The van der Waals surface area contributed by atoms with Crippen LogP contribution in [-0.4, -0.2) is 25.0 Å². The molecule has 0 spiro atoms. The second kappa shape index (κ2) is 6.00. The molecule has 5 nitrogen and oxygen atoms in total. The molecule has 0 saturated carbocycles. The van der Waals surface area contributed by atoms with Gasteiger partial charge in [0.25, 0.3) is 5.91 Å². The van der Waals surface area contributed by atoms with Crippen molar-refractivity contribution >= 4 is 27.5 Å². The van der Waals surface area contributed by atoms with Gasteiger partial charge < -0.3 is 19.8 Å². The summed E-state index contributed by atoms with van der Waals surface area (Å²) in [6.45, 7) is 0.371. The Morgan fingerprint density at radius 2 is 2.15 bits per heavy atom. The van der Waals surface area contributed by atoms with Crippen molar-refractivity contribution < 1.29 is 13.9 Å². The Morgan fingerprint density at radius 1 is 1.40 bits per heavy atom. The third kappa shape index (κ3) is 3.14. The van der Waals surface area contributed by atoms with Gasteiger partial charge in [-0.3, -0.25) is 4.79 Å². The fraction of sp³-hybridized carbons (Fsp3) is 0.214. The minimum Gasteiger partial charge on any atom is -0.497 e. The number of furan rings is 1. The first-order valence-electron chi connectivity index (χ1n) is 5.94. The van der Waals surface area contributed by atoms with Crippen molar-refractivity contribution in [2.45, 2.75) is 6.54 Å². The van der Waals surface area contributed by atoms with Gasteiger partial charge in [-0.05, 0) is 40.2 Å². The van der Waals surface area contributed by atoms with Gasteiger partial charge in [-0.25, -0.2) is 0 Å². The van der Waals surface area contributed by atoms with E-state index >= 15 is 0 Å². The normalized spacial score (nSPS) is 10.3. The zero-order chi connectivity index (χ0) is 14.7. The van der Waals surface area contributed by atoms with Gasteiger partial charge in [-0.2, -0.15) is 0 Å². The molecule has 0 aliphatic rings. The molecule has 0 saturated heterocycles. The van der Waals surface area contributed by atoms with E-state index in [1.807, 2.05) is 6.07 Å². The molecule has 2 N–H and O–H groups in total. The van der Waals surface area contributed by atoms with E-state index in [1.165, 1.54) is 0 Å². The van der Waals surface area contributed by atoms with Gasteiger partial charge in [0.2, 0.25) is 0 Å². The lowest BCUT2D eigenvalue weighted by molar-refractivity contribution is 0.0776. The first kappa shape index (κ1) is 14.5.